The van der Waals surface area contributed by atoms with E-state index >= 15 is 0 Å². The second-order valence-corrected chi connectivity index (χ2v) is 5.39. The molecule has 0 spiro atoms. The van der Waals surface area contributed by atoms with E-state index in [0.717, 1.165) is 30.7 Å². The number of imidazole rings is 1. The molecule has 1 aromatic carbocycles. The number of aromatic nitrogens is 2. The third-order valence-corrected chi connectivity index (χ3v) is 3.90. The molecule has 2 aromatic rings. The lowest BCUT2D eigenvalue weighted by molar-refractivity contribution is 0.540. The molecule has 0 aliphatic heterocycles. The van der Waals surface area contributed by atoms with E-state index in [-0.39, 0.29) is 16.9 Å². The second-order valence-electron chi connectivity index (χ2n) is 4.98. The smallest absolute Gasteiger partial charge is 0.146 e. The number of fused-ring (bicyclic) bond motifs is 1. The van der Waals surface area contributed by atoms with E-state index in [1.807, 2.05) is 4.57 Å². The lowest BCUT2D eigenvalue weighted by Crippen LogP contribution is -2.29. The molecule has 0 saturated carbocycles. The van der Waals surface area contributed by atoms with Crippen LogP contribution in [-0.2, 0) is 19.4 Å². The van der Waals surface area contributed by atoms with Gasteiger partial charge in [0.2, 0.25) is 0 Å². The summed E-state index contributed by atoms with van der Waals surface area (Å²) in [5.74, 6) is -0.355. The molecule has 19 heavy (non-hydrogen) atoms. The van der Waals surface area contributed by atoms with Crippen molar-refractivity contribution in [3.8, 4) is 0 Å². The van der Waals surface area contributed by atoms with E-state index in [9.17, 15) is 4.39 Å². The monoisotopic (exact) mass is 279 g/mol. The van der Waals surface area contributed by atoms with Crippen LogP contribution in [0.15, 0.2) is 24.5 Å². The minimum Gasteiger partial charge on any atom is -0.330 e. The van der Waals surface area contributed by atoms with Gasteiger partial charge >= 0.3 is 0 Å². The largest absolute Gasteiger partial charge is 0.330 e. The number of hydrogen-bond acceptors (Lipinski definition) is 2. The van der Waals surface area contributed by atoms with Crippen LogP contribution in [0.4, 0.5) is 4.39 Å². The number of halogens is 2. The summed E-state index contributed by atoms with van der Waals surface area (Å²) in [7, 11) is 0. The average molecular weight is 280 g/mol. The fraction of sp³-hybridized carbons (Fsp3) is 0.357. The number of nitrogens with zero attached hydrogens (tertiary/aromatic N) is 2. The van der Waals surface area contributed by atoms with Crippen LogP contribution in [0.5, 0.6) is 0 Å². The normalized spacial score (nSPS) is 18.4. The Kier molecular flexibility index (Phi) is 3.29. The molecule has 100 valence electrons. The maximum Gasteiger partial charge on any atom is 0.146 e. The fourth-order valence-electron chi connectivity index (χ4n) is 2.56. The molecule has 0 bridgehead atoms. The predicted molar refractivity (Wildman–Crippen MR) is 72.7 cm³/mol. The zero-order chi connectivity index (χ0) is 13.4. The average Bonchev–Trinajstić information content (AvgIpc) is 2.78. The minimum absolute atomic E-state index is 0.156. The highest BCUT2D eigenvalue weighted by atomic mass is 35.5. The molecule has 5 heteroatoms. The first-order valence-corrected chi connectivity index (χ1v) is 6.74. The van der Waals surface area contributed by atoms with E-state index < -0.39 is 0 Å². The lowest BCUT2D eigenvalue weighted by Gasteiger charge is -2.19. The van der Waals surface area contributed by atoms with Crippen molar-refractivity contribution in [1.29, 1.82) is 0 Å². The first-order valence-electron chi connectivity index (χ1n) is 6.36. The van der Waals surface area contributed by atoms with Crippen molar-refractivity contribution in [1.82, 2.24) is 9.55 Å². The molecular formula is C14H15ClFN3. The Labute approximate surface area is 116 Å². The van der Waals surface area contributed by atoms with E-state index in [2.05, 4.69) is 4.98 Å². The third kappa shape index (κ3) is 2.38. The zero-order valence-electron chi connectivity index (χ0n) is 10.4. The van der Waals surface area contributed by atoms with Gasteiger partial charge in [-0.3, -0.25) is 0 Å². The SMILES string of the molecule is N[C@H]1CCc2ncn(Cc3cccc(Cl)c3F)c2C1. The molecule has 1 atom stereocenters. The van der Waals surface area contributed by atoms with E-state index in [0.29, 0.717) is 12.1 Å². The van der Waals surface area contributed by atoms with Gasteiger partial charge in [0.25, 0.3) is 0 Å². The van der Waals surface area contributed by atoms with Gasteiger partial charge < -0.3 is 10.3 Å². The van der Waals surface area contributed by atoms with E-state index in [1.54, 1.807) is 24.5 Å². The summed E-state index contributed by atoms with van der Waals surface area (Å²) < 4.78 is 15.9. The van der Waals surface area contributed by atoms with Gasteiger partial charge in [-0.1, -0.05) is 23.7 Å². The van der Waals surface area contributed by atoms with Gasteiger partial charge in [0.15, 0.2) is 0 Å². The summed E-state index contributed by atoms with van der Waals surface area (Å²) >= 11 is 5.80. The number of benzene rings is 1. The Bertz CT molecular complexity index is 609. The first-order chi connectivity index (χ1) is 9.15. The van der Waals surface area contributed by atoms with Crippen molar-refractivity contribution in [2.75, 3.05) is 0 Å². The summed E-state index contributed by atoms with van der Waals surface area (Å²) in [6.45, 7) is 0.446. The molecular weight excluding hydrogens is 265 g/mol. The summed E-state index contributed by atoms with van der Waals surface area (Å²) in [6, 6.07) is 5.23. The molecule has 0 fully saturated rings. The molecule has 1 heterocycles. The Morgan fingerprint density at radius 3 is 3.16 bits per heavy atom. The molecule has 0 amide bonds. The van der Waals surface area contributed by atoms with Crippen molar-refractivity contribution in [2.24, 2.45) is 5.73 Å². The van der Waals surface area contributed by atoms with E-state index in [4.69, 9.17) is 17.3 Å². The summed E-state index contributed by atoms with van der Waals surface area (Å²) in [6.07, 6.45) is 4.44. The van der Waals surface area contributed by atoms with Crippen molar-refractivity contribution in [3.63, 3.8) is 0 Å². The molecule has 0 saturated heterocycles. The Balaban J connectivity index is 1.92. The van der Waals surface area contributed by atoms with Gasteiger partial charge in [-0.25, -0.2) is 9.37 Å². The number of aryl methyl sites for hydroxylation is 1. The number of nitrogens with two attached hydrogens (primary N) is 1. The number of rotatable bonds is 2. The Hall–Kier alpha value is -1.39. The molecule has 0 unspecified atom stereocenters. The van der Waals surface area contributed by atoms with E-state index in [1.165, 1.54) is 0 Å². The van der Waals surface area contributed by atoms with Crippen LogP contribution >= 0.6 is 11.6 Å². The third-order valence-electron chi connectivity index (χ3n) is 3.61. The van der Waals surface area contributed by atoms with Crippen LogP contribution in [0.25, 0.3) is 0 Å². The molecule has 1 aromatic heterocycles. The molecule has 1 aliphatic rings. The van der Waals surface area contributed by atoms with Crippen molar-refractivity contribution in [2.45, 2.75) is 31.8 Å². The summed E-state index contributed by atoms with van der Waals surface area (Å²) in [5, 5.41) is 0.156. The predicted octanol–water partition coefficient (Wildman–Crippen LogP) is 2.54. The van der Waals surface area contributed by atoms with Crippen molar-refractivity contribution < 1.29 is 4.39 Å². The van der Waals surface area contributed by atoms with Gasteiger partial charge in [0.05, 0.1) is 23.6 Å². The van der Waals surface area contributed by atoms with Gasteiger partial charge in [-0.15, -0.1) is 0 Å². The Morgan fingerprint density at radius 1 is 1.47 bits per heavy atom. The van der Waals surface area contributed by atoms with Crippen molar-refractivity contribution >= 4 is 11.6 Å². The number of hydrogen-bond donors (Lipinski definition) is 1. The lowest BCUT2D eigenvalue weighted by atomic mass is 9.96. The zero-order valence-corrected chi connectivity index (χ0v) is 11.2. The first kappa shape index (κ1) is 12.6. The van der Waals surface area contributed by atoms with Crippen LogP contribution in [0.3, 0.4) is 0 Å². The molecule has 0 radical (unpaired) electrons. The highest BCUT2D eigenvalue weighted by Gasteiger charge is 2.20. The molecule has 2 N–H and O–H groups in total. The van der Waals surface area contributed by atoms with Crippen LogP contribution in [0, 0.1) is 5.82 Å². The maximum absolute atomic E-state index is 13.9. The van der Waals surface area contributed by atoms with Crippen LogP contribution in [0.1, 0.15) is 23.4 Å². The quantitative estimate of drug-likeness (QED) is 0.918. The van der Waals surface area contributed by atoms with Gasteiger partial charge in [0, 0.05) is 23.7 Å². The van der Waals surface area contributed by atoms with Gasteiger partial charge in [-0.05, 0) is 18.9 Å². The van der Waals surface area contributed by atoms with Gasteiger partial charge in [-0.2, -0.15) is 0 Å². The van der Waals surface area contributed by atoms with Crippen LogP contribution < -0.4 is 5.73 Å². The van der Waals surface area contributed by atoms with Gasteiger partial charge in [0.1, 0.15) is 5.82 Å². The maximum atomic E-state index is 13.9. The van der Waals surface area contributed by atoms with Crippen LogP contribution in [-0.4, -0.2) is 15.6 Å². The molecule has 3 nitrogen and oxygen atoms in total. The highest BCUT2D eigenvalue weighted by molar-refractivity contribution is 6.30. The summed E-state index contributed by atoms with van der Waals surface area (Å²) in [5.41, 5.74) is 8.77. The second kappa shape index (κ2) is 4.94. The van der Waals surface area contributed by atoms with Crippen LogP contribution in [0.2, 0.25) is 5.02 Å². The summed E-state index contributed by atoms with van der Waals surface area (Å²) in [4.78, 5) is 4.39. The topological polar surface area (TPSA) is 43.8 Å². The minimum atomic E-state index is -0.355. The molecule has 3 rings (SSSR count). The molecule has 1 aliphatic carbocycles. The fourth-order valence-corrected chi connectivity index (χ4v) is 2.75. The Morgan fingerprint density at radius 2 is 2.32 bits per heavy atom. The standard InChI is InChI=1S/C14H15ClFN3/c15-11-3-1-2-9(14(11)16)7-19-8-18-12-5-4-10(17)6-13(12)19/h1-3,8,10H,4-7,17H2/t10-/m0/s1. The van der Waals surface area contributed by atoms with Crippen molar-refractivity contribution in [3.05, 3.63) is 52.3 Å². The highest BCUT2D eigenvalue weighted by Crippen LogP contribution is 2.23.